The molecule has 0 aliphatic rings. The van der Waals surface area contributed by atoms with Gasteiger partial charge in [-0.05, 0) is 18.2 Å². The maximum atomic E-state index is 12.2. The lowest BCUT2D eigenvalue weighted by atomic mass is 10.2. The summed E-state index contributed by atoms with van der Waals surface area (Å²) in [6, 6.07) is 14.2. The predicted molar refractivity (Wildman–Crippen MR) is 104 cm³/mol. The summed E-state index contributed by atoms with van der Waals surface area (Å²) in [5.74, 6) is 0.718. The van der Waals surface area contributed by atoms with Gasteiger partial charge in [0, 0.05) is 11.1 Å². The fraction of sp³-hybridized carbons (Fsp3) is 0.190. The van der Waals surface area contributed by atoms with E-state index in [1.54, 1.807) is 18.3 Å². The van der Waals surface area contributed by atoms with Crippen LogP contribution in [0.15, 0.2) is 59.1 Å². The van der Waals surface area contributed by atoms with Crippen LogP contribution in [0.2, 0.25) is 0 Å². The maximum absolute atomic E-state index is 12.2. The number of rotatable bonds is 8. The first-order valence-electron chi connectivity index (χ1n) is 8.76. The number of amides is 1. The molecule has 0 aliphatic heterocycles. The minimum Gasteiger partial charge on any atom is -0.493 e. The van der Waals surface area contributed by atoms with Crippen molar-refractivity contribution in [2.75, 3.05) is 20.8 Å². The normalized spacial score (nSPS) is 10.3. The van der Waals surface area contributed by atoms with Gasteiger partial charge in [0.25, 0.3) is 5.91 Å². The Hall–Kier alpha value is -3.81. The van der Waals surface area contributed by atoms with Crippen LogP contribution in [-0.4, -0.2) is 37.6 Å². The molecule has 3 rings (SSSR count). The molecule has 2 aromatic carbocycles. The van der Waals surface area contributed by atoms with Crippen LogP contribution in [0.5, 0.6) is 11.5 Å². The van der Waals surface area contributed by atoms with E-state index in [2.05, 4.69) is 10.3 Å². The summed E-state index contributed by atoms with van der Waals surface area (Å²) < 4.78 is 20.9. The second-order valence-electron chi connectivity index (χ2n) is 5.90. The highest BCUT2D eigenvalue weighted by Gasteiger charge is 2.13. The lowest BCUT2D eigenvalue weighted by Crippen LogP contribution is -2.30. The van der Waals surface area contributed by atoms with Gasteiger partial charge in [0.05, 0.1) is 20.4 Å². The molecule has 0 spiro atoms. The summed E-state index contributed by atoms with van der Waals surface area (Å²) in [6.07, 6.45) is 1.57. The Morgan fingerprint density at radius 2 is 1.79 bits per heavy atom. The Morgan fingerprint density at radius 1 is 1.03 bits per heavy atom. The lowest BCUT2D eigenvalue weighted by molar-refractivity contribution is -0.144. The van der Waals surface area contributed by atoms with Crippen molar-refractivity contribution in [1.29, 1.82) is 0 Å². The van der Waals surface area contributed by atoms with Crippen LogP contribution in [-0.2, 0) is 16.1 Å². The number of hydrogen-bond acceptors (Lipinski definition) is 7. The molecule has 0 saturated carbocycles. The van der Waals surface area contributed by atoms with Gasteiger partial charge in [0.15, 0.2) is 23.9 Å². The first-order chi connectivity index (χ1) is 14.1. The second kappa shape index (κ2) is 9.41. The number of oxazole rings is 1. The summed E-state index contributed by atoms with van der Waals surface area (Å²) >= 11 is 0. The molecule has 0 saturated heterocycles. The average molecular weight is 396 g/mol. The number of nitrogens with zero attached hydrogens (tertiary/aromatic N) is 1. The average Bonchev–Trinajstić information content (AvgIpc) is 3.25. The van der Waals surface area contributed by atoms with E-state index in [1.165, 1.54) is 20.3 Å². The van der Waals surface area contributed by atoms with Crippen molar-refractivity contribution in [3.8, 4) is 22.8 Å². The van der Waals surface area contributed by atoms with E-state index in [-0.39, 0.29) is 19.0 Å². The van der Waals surface area contributed by atoms with Gasteiger partial charge < -0.3 is 23.9 Å². The van der Waals surface area contributed by atoms with E-state index in [1.807, 2.05) is 30.3 Å². The highest BCUT2D eigenvalue weighted by Crippen LogP contribution is 2.27. The van der Waals surface area contributed by atoms with Crippen LogP contribution in [0.25, 0.3) is 11.3 Å². The Labute approximate surface area is 167 Å². The van der Waals surface area contributed by atoms with Gasteiger partial charge in [-0.1, -0.05) is 30.3 Å². The molecule has 0 fully saturated rings. The van der Waals surface area contributed by atoms with Crippen LogP contribution < -0.4 is 14.8 Å². The first-order valence-corrected chi connectivity index (χ1v) is 8.76. The number of ether oxygens (including phenoxy) is 3. The molecule has 3 aromatic rings. The zero-order valence-electron chi connectivity index (χ0n) is 16.0. The Balaban J connectivity index is 1.49. The molecule has 0 unspecified atom stereocenters. The van der Waals surface area contributed by atoms with Crippen LogP contribution in [0.4, 0.5) is 0 Å². The minimum absolute atomic E-state index is 0.127. The number of carbonyl (C=O) groups is 2. The van der Waals surface area contributed by atoms with Gasteiger partial charge in [0.1, 0.15) is 6.54 Å². The van der Waals surface area contributed by atoms with E-state index < -0.39 is 11.9 Å². The molecule has 0 aliphatic carbocycles. The molecule has 29 heavy (non-hydrogen) atoms. The van der Waals surface area contributed by atoms with Crippen LogP contribution in [0, 0.1) is 0 Å². The fourth-order valence-corrected chi connectivity index (χ4v) is 2.54. The van der Waals surface area contributed by atoms with Crippen molar-refractivity contribution in [1.82, 2.24) is 10.3 Å². The minimum atomic E-state index is -0.613. The third-order valence-electron chi connectivity index (χ3n) is 4.01. The molecule has 0 radical (unpaired) electrons. The van der Waals surface area contributed by atoms with E-state index in [0.29, 0.717) is 22.8 Å². The summed E-state index contributed by atoms with van der Waals surface area (Å²) in [6.45, 7) is -0.419. The van der Waals surface area contributed by atoms with Gasteiger partial charge in [-0.25, -0.2) is 4.98 Å². The monoisotopic (exact) mass is 396 g/mol. The number of benzene rings is 2. The quantitative estimate of drug-likeness (QED) is 0.585. The molecule has 8 nitrogen and oxygen atoms in total. The zero-order chi connectivity index (χ0) is 20.6. The van der Waals surface area contributed by atoms with Crippen molar-refractivity contribution in [3.63, 3.8) is 0 Å². The van der Waals surface area contributed by atoms with Gasteiger partial charge in [-0.15, -0.1) is 0 Å². The zero-order valence-corrected chi connectivity index (χ0v) is 16.0. The topological polar surface area (TPSA) is 99.9 Å². The maximum Gasteiger partial charge on any atom is 0.325 e. The van der Waals surface area contributed by atoms with Crippen molar-refractivity contribution >= 4 is 11.9 Å². The van der Waals surface area contributed by atoms with Crippen LogP contribution in [0.1, 0.15) is 16.2 Å². The molecule has 1 amide bonds. The summed E-state index contributed by atoms with van der Waals surface area (Å²) in [4.78, 5) is 28.2. The van der Waals surface area contributed by atoms with E-state index in [9.17, 15) is 9.59 Å². The molecule has 0 atom stereocenters. The van der Waals surface area contributed by atoms with E-state index >= 15 is 0 Å². The molecule has 1 heterocycles. The standard InChI is InChI=1S/C21H20N2O6/c1-26-16-9-8-15(10-17(16)27-2)21(25)23-12-20(24)28-13-19-22-11-18(29-19)14-6-4-3-5-7-14/h3-11H,12-13H2,1-2H3,(H,23,25). The molecular formula is C21H20N2O6. The van der Waals surface area contributed by atoms with Gasteiger partial charge in [-0.3, -0.25) is 9.59 Å². The number of carbonyl (C=O) groups excluding carboxylic acids is 2. The van der Waals surface area contributed by atoms with Gasteiger partial charge >= 0.3 is 5.97 Å². The number of aromatic nitrogens is 1. The molecule has 1 aromatic heterocycles. The Kier molecular flexibility index (Phi) is 6.47. The highest BCUT2D eigenvalue weighted by atomic mass is 16.5. The summed E-state index contributed by atoms with van der Waals surface area (Å²) in [5, 5.41) is 2.49. The van der Waals surface area contributed by atoms with Crippen molar-refractivity contribution in [2.24, 2.45) is 0 Å². The molecule has 0 bridgehead atoms. The molecule has 8 heteroatoms. The third-order valence-corrected chi connectivity index (χ3v) is 4.01. The van der Waals surface area contributed by atoms with Crippen molar-refractivity contribution < 1.29 is 28.2 Å². The molecule has 150 valence electrons. The second-order valence-corrected chi connectivity index (χ2v) is 5.90. The SMILES string of the molecule is COc1ccc(C(=O)NCC(=O)OCc2ncc(-c3ccccc3)o2)cc1OC. The summed E-state index contributed by atoms with van der Waals surface area (Å²) in [7, 11) is 2.98. The highest BCUT2D eigenvalue weighted by molar-refractivity contribution is 5.96. The van der Waals surface area contributed by atoms with Crippen LogP contribution in [0.3, 0.4) is 0 Å². The van der Waals surface area contributed by atoms with E-state index in [0.717, 1.165) is 5.56 Å². The molecule has 1 N–H and O–H groups in total. The smallest absolute Gasteiger partial charge is 0.325 e. The number of hydrogen-bond donors (Lipinski definition) is 1. The fourth-order valence-electron chi connectivity index (χ4n) is 2.54. The number of methoxy groups -OCH3 is 2. The number of nitrogens with one attached hydrogen (secondary N) is 1. The van der Waals surface area contributed by atoms with Crippen molar-refractivity contribution in [2.45, 2.75) is 6.61 Å². The number of esters is 1. The van der Waals surface area contributed by atoms with Gasteiger partial charge in [0.2, 0.25) is 5.89 Å². The largest absolute Gasteiger partial charge is 0.493 e. The molecular weight excluding hydrogens is 376 g/mol. The summed E-state index contributed by atoms with van der Waals surface area (Å²) in [5.41, 5.74) is 1.20. The van der Waals surface area contributed by atoms with E-state index in [4.69, 9.17) is 18.6 Å². The lowest BCUT2D eigenvalue weighted by Gasteiger charge is -2.09. The van der Waals surface area contributed by atoms with Crippen molar-refractivity contribution in [3.05, 3.63) is 66.2 Å². The Bertz CT molecular complexity index is 984. The Morgan fingerprint density at radius 3 is 2.52 bits per heavy atom. The first kappa shape index (κ1) is 19.9. The predicted octanol–water partition coefficient (Wildman–Crippen LogP) is 2.83. The third kappa shape index (κ3) is 5.13. The van der Waals surface area contributed by atoms with Gasteiger partial charge in [-0.2, -0.15) is 0 Å². The van der Waals surface area contributed by atoms with Crippen LogP contribution >= 0.6 is 0 Å².